The van der Waals surface area contributed by atoms with E-state index in [9.17, 15) is 5.11 Å². The number of hydrogen-bond acceptors (Lipinski definition) is 4. The summed E-state index contributed by atoms with van der Waals surface area (Å²) in [5.41, 5.74) is 3.98. The molecule has 1 aromatic rings. The molecule has 0 unspecified atom stereocenters. The van der Waals surface area contributed by atoms with E-state index in [2.05, 4.69) is 23.1 Å². The standard InChI is InChI=1S/C18H23NO3/c1-21-14-4-3-12-5-7-19-8-6-13-9-16(20)17(22-2)11-18(13,19)15(12)10-14/h3-4,9-10,16-17,20H,5-8,11H2,1-2H3/t16-,17-,18+/m1/s1. The number of hydrogen-bond donors (Lipinski definition) is 1. The molecule has 0 saturated carbocycles. The van der Waals surface area contributed by atoms with Crippen LogP contribution in [0.25, 0.3) is 0 Å². The van der Waals surface area contributed by atoms with Crippen LogP contribution in [0.4, 0.5) is 0 Å². The summed E-state index contributed by atoms with van der Waals surface area (Å²) < 4.78 is 11.0. The zero-order valence-electron chi connectivity index (χ0n) is 13.2. The first-order valence-electron chi connectivity index (χ1n) is 8.03. The first-order chi connectivity index (χ1) is 10.7. The molecule has 0 amide bonds. The Morgan fingerprint density at radius 3 is 2.82 bits per heavy atom. The predicted octanol–water partition coefficient (Wildman–Crippen LogP) is 1.86. The van der Waals surface area contributed by atoms with Crippen molar-refractivity contribution in [1.29, 1.82) is 0 Å². The summed E-state index contributed by atoms with van der Waals surface area (Å²) in [6.07, 6.45) is 4.31. The highest BCUT2D eigenvalue weighted by molar-refractivity contribution is 5.50. The molecule has 1 N–H and O–H groups in total. The Morgan fingerprint density at radius 2 is 2.05 bits per heavy atom. The average molecular weight is 301 g/mol. The van der Waals surface area contributed by atoms with E-state index in [0.717, 1.165) is 38.1 Å². The number of aliphatic hydroxyl groups excluding tert-OH is 1. The summed E-state index contributed by atoms with van der Waals surface area (Å²) in [5, 5.41) is 10.3. The van der Waals surface area contributed by atoms with Crippen molar-refractivity contribution in [2.75, 3.05) is 27.3 Å². The summed E-state index contributed by atoms with van der Waals surface area (Å²) in [5.74, 6) is 0.904. The lowest BCUT2D eigenvalue weighted by molar-refractivity contribution is -0.0344. The minimum atomic E-state index is -0.499. The van der Waals surface area contributed by atoms with Crippen LogP contribution < -0.4 is 4.74 Å². The Hall–Kier alpha value is -1.36. The van der Waals surface area contributed by atoms with Gasteiger partial charge >= 0.3 is 0 Å². The fourth-order valence-electron chi connectivity index (χ4n) is 4.58. The number of benzene rings is 1. The van der Waals surface area contributed by atoms with Gasteiger partial charge in [-0.25, -0.2) is 0 Å². The van der Waals surface area contributed by atoms with Crippen molar-refractivity contribution in [3.63, 3.8) is 0 Å². The second kappa shape index (κ2) is 5.08. The molecule has 0 radical (unpaired) electrons. The molecule has 2 heterocycles. The Kier molecular flexibility index (Phi) is 3.29. The third-order valence-electron chi connectivity index (χ3n) is 5.69. The van der Waals surface area contributed by atoms with Gasteiger partial charge in [0.2, 0.25) is 0 Å². The van der Waals surface area contributed by atoms with E-state index in [1.54, 1.807) is 14.2 Å². The Balaban J connectivity index is 1.90. The summed E-state index contributed by atoms with van der Waals surface area (Å²) in [7, 11) is 3.41. The maximum atomic E-state index is 10.3. The van der Waals surface area contributed by atoms with Crippen LogP contribution in [-0.2, 0) is 16.7 Å². The number of aliphatic hydroxyl groups is 1. The Bertz CT molecular complexity index is 627. The molecule has 1 aliphatic carbocycles. The number of nitrogens with zero attached hydrogens (tertiary/aromatic N) is 1. The van der Waals surface area contributed by atoms with Gasteiger partial charge in [0.05, 0.1) is 24.9 Å². The molecular formula is C18H23NO3. The molecule has 1 fully saturated rings. The van der Waals surface area contributed by atoms with Gasteiger partial charge in [0, 0.05) is 26.6 Å². The van der Waals surface area contributed by atoms with Gasteiger partial charge < -0.3 is 14.6 Å². The molecule has 0 bridgehead atoms. The van der Waals surface area contributed by atoms with Gasteiger partial charge in [-0.2, -0.15) is 0 Å². The van der Waals surface area contributed by atoms with Gasteiger partial charge in [-0.1, -0.05) is 12.1 Å². The van der Waals surface area contributed by atoms with Gasteiger partial charge in [0.15, 0.2) is 0 Å². The van der Waals surface area contributed by atoms with E-state index in [4.69, 9.17) is 9.47 Å². The molecule has 4 heteroatoms. The van der Waals surface area contributed by atoms with Crippen LogP contribution >= 0.6 is 0 Å². The molecule has 4 nitrogen and oxygen atoms in total. The van der Waals surface area contributed by atoms with Crippen LogP contribution in [0.2, 0.25) is 0 Å². The Morgan fingerprint density at radius 1 is 1.23 bits per heavy atom. The van der Waals surface area contributed by atoms with Crippen molar-refractivity contribution in [3.8, 4) is 5.75 Å². The topological polar surface area (TPSA) is 41.9 Å². The van der Waals surface area contributed by atoms with Crippen molar-refractivity contribution >= 4 is 0 Å². The highest BCUT2D eigenvalue weighted by Gasteiger charge is 2.53. The first-order valence-corrected chi connectivity index (χ1v) is 8.03. The zero-order valence-corrected chi connectivity index (χ0v) is 13.2. The van der Waals surface area contributed by atoms with Gasteiger partial charge in [-0.05, 0) is 41.7 Å². The van der Waals surface area contributed by atoms with Gasteiger partial charge in [0.25, 0.3) is 0 Å². The lowest BCUT2D eigenvalue weighted by atomic mass is 9.70. The summed E-state index contributed by atoms with van der Waals surface area (Å²) in [6.45, 7) is 2.13. The molecule has 22 heavy (non-hydrogen) atoms. The first kappa shape index (κ1) is 14.2. The van der Waals surface area contributed by atoms with E-state index < -0.39 is 6.10 Å². The summed E-state index contributed by atoms with van der Waals surface area (Å²) >= 11 is 0. The van der Waals surface area contributed by atoms with Crippen molar-refractivity contribution < 1.29 is 14.6 Å². The SMILES string of the molecule is COc1ccc2c(c1)[C@]13C[C@@H](OC)[C@H](O)C=C1CCN3CC2. The second-order valence-electron chi connectivity index (χ2n) is 6.53. The van der Waals surface area contributed by atoms with Gasteiger partial charge in [-0.15, -0.1) is 0 Å². The molecule has 3 atom stereocenters. The fourth-order valence-corrected chi connectivity index (χ4v) is 4.58. The fraction of sp³-hybridized carbons (Fsp3) is 0.556. The lowest BCUT2D eigenvalue weighted by Crippen LogP contribution is -2.52. The minimum absolute atomic E-state index is 0.109. The van der Waals surface area contributed by atoms with Crippen LogP contribution in [0.5, 0.6) is 5.75 Å². The normalized spacial score (nSPS) is 33.7. The highest BCUT2D eigenvalue weighted by Crippen LogP contribution is 2.53. The molecule has 2 aliphatic heterocycles. The second-order valence-corrected chi connectivity index (χ2v) is 6.53. The monoisotopic (exact) mass is 301 g/mol. The molecule has 3 aliphatic rings. The number of fused-ring (bicyclic) bond motifs is 1. The van der Waals surface area contributed by atoms with Crippen molar-refractivity contribution in [2.45, 2.75) is 37.0 Å². The zero-order chi connectivity index (χ0) is 15.3. The van der Waals surface area contributed by atoms with E-state index in [0.29, 0.717) is 0 Å². The number of ether oxygens (including phenoxy) is 2. The largest absolute Gasteiger partial charge is 0.497 e. The maximum Gasteiger partial charge on any atom is 0.119 e. The van der Waals surface area contributed by atoms with Gasteiger partial charge in [0.1, 0.15) is 5.75 Å². The van der Waals surface area contributed by atoms with E-state index in [-0.39, 0.29) is 11.6 Å². The third-order valence-corrected chi connectivity index (χ3v) is 5.69. The summed E-state index contributed by atoms with van der Waals surface area (Å²) in [4.78, 5) is 2.57. The van der Waals surface area contributed by atoms with Crippen LogP contribution in [-0.4, -0.2) is 49.5 Å². The quantitative estimate of drug-likeness (QED) is 0.847. The third kappa shape index (κ3) is 1.81. The highest BCUT2D eigenvalue weighted by atomic mass is 16.5. The number of rotatable bonds is 2. The smallest absolute Gasteiger partial charge is 0.119 e. The van der Waals surface area contributed by atoms with Crippen molar-refractivity contribution in [2.24, 2.45) is 0 Å². The van der Waals surface area contributed by atoms with Crippen molar-refractivity contribution in [3.05, 3.63) is 41.0 Å². The molecule has 1 saturated heterocycles. The average Bonchev–Trinajstić information content (AvgIpc) is 2.92. The summed E-state index contributed by atoms with van der Waals surface area (Å²) in [6, 6.07) is 6.43. The minimum Gasteiger partial charge on any atom is -0.497 e. The molecule has 4 rings (SSSR count). The predicted molar refractivity (Wildman–Crippen MR) is 84.1 cm³/mol. The van der Waals surface area contributed by atoms with E-state index >= 15 is 0 Å². The molecule has 1 aromatic carbocycles. The molecular weight excluding hydrogens is 278 g/mol. The number of methoxy groups -OCH3 is 2. The molecule has 0 aromatic heterocycles. The maximum absolute atomic E-state index is 10.3. The molecule has 118 valence electrons. The van der Waals surface area contributed by atoms with Crippen molar-refractivity contribution in [1.82, 2.24) is 4.90 Å². The Labute approximate surface area is 131 Å². The van der Waals surface area contributed by atoms with Crippen LogP contribution in [0, 0.1) is 0 Å². The molecule has 1 spiro atoms. The van der Waals surface area contributed by atoms with E-state index in [1.165, 1.54) is 16.7 Å². The van der Waals surface area contributed by atoms with E-state index in [1.807, 2.05) is 6.08 Å². The van der Waals surface area contributed by atoms with Gasteiger partial charge in [-0.3, -0.25) is 4.90 Å². The lowest BCUT2D eigenvalue weighted by Gasteiger charge is -2.49. The van der Waals surface area contributed by atoms with Crippen LogP contribution in [0.3, 0.4) is 0 Å². The van der Waals surface area contributed by atoms with Crippen LogP contribution in [0.1, 0.15) is 24.0 Å². The van der Waals surface area contributed by atoms with Crippen LogP contribution in [0.15, 0.2) is 29.8 Å².